The summed E-state index contributed by atoms with van der Waals surface area (Å²) in [5, 5.41) is 25.6. The summed E-state index contributed by atoms with van der Waals surface area (Å²) >= 11 is 4.36. The SMILES string of the molecule is O=C(CC(SCCO)C(=O)OCCCSCCO)OCCCSCCO. The number of carbonyl (C=O) groups excluding carboxylic acids is 2. The van der Waals surface area contributed by atoms with Crippen LogP contribution in [0.5, 0.6) is 0 Å². The quantitative estimate of drug-likeness (QED) is 0.213. The van der Waals surface area contributed by atoms with Crippen molar-refractivity contribution >= 4 is 47.2 Å². The lowest BCUT2D eigenvalue weighted by Gasteiger charge is -2.15. The molecule has 0 amide bonds. The zero-order valence-electron chi connectivity index (χ0n) is 15.0. The van der Waals surface area contributed by atoms with Crippen LogP contribution in [0.15, 0.2) is 0 Å². The van der Waals surface area contributed by atoms with Crippen LogP contribution in [0.1, 0.15) is 19.3 Å². The van der Waals surface area contributed by atoms with Crippen molar-refractivity contribution in [3.8, 4) is 0 Å². The molecule has 0 rings (SSSR count). The molecule has 0 aliphatic rings. The number of aliphatic hydroxyl groups is 3. The number of hydrogen-bond acceptors (Lipinski definition) is 10. The predicted molar refractivity (Wildman–Crippen MR) is 108 cm³/mol. The molecule has 26 heavy (non-hydrogen) atoms. The third-order valence-corrected chi connectivity index (χ3v) is 6.15. The van der Waals surface area contributed by atoms with E-state index in [9.17, 15) is 9.59 Å². The third kappa shape index (κ3) is 16.1. The maximum atomic E-state index is 12.1. The van der Waals surface area contributed by atoms with Gasteiger partial charge < -0.3 is 24.8 Å². The van der Waals surface area contributed by atoms with Crippen molar-refractivity contribution in [2.75, 3.05) is 61.8 Å². The number of hydrogen-bond donors (Lipinski definition) is 3. The number of ether oxygens (including phenoxy) is 2. The second kappa shape index (κ2) is 19.6. The Balaban J connectivity index is 4.04. The number of aliphatic hydroxyl groups excluding tert-OH is 3. The van der Waals surface area contributed by atoms with Gasteiger partial charge in [-0.3, -0.25) is 9.59 Å². The van der Waals surface area contributed by atoms with E-state index in [0.29, 0.717) is 30.1 Å². The standard InChI is InChI=1S/C16H30O7S3/c17-3-10-24-8-1-6-22-15(20)13-14(26-12-5-19)16(21)23-7-2-9-25-11-4-18/h14,17-19H,1-13H2. The molecule has 1 atom stereocenters. The second-order valence-electron chi connectivity index (χ2n) is 5.05. The molecule has 0 aliphatic carbocycles. The Morgan fingerprint density at radius 3 is 1.85 bits per heavy atom. The first-order chi connectivity index (χ1) is 12.7. The highest BCUT2D eigenvalue weighted by Crippen LogP contribution is 2.17. The second-order valence-corrected chi connectivity index (χ2v) is 8.81. The van der Waals surface area contributed by atoms with Gasteiger partial charge in [0, 0.05) is 17.3 Å². The fraction of sp³-hybridized carbons (Fsp3) is 0.875. The Bertz CT molecular complexity index is 359. The first-order valence-corrected chi connectivity index (χ1v) is 11.9. The van der Waals surface area contributed by atoms with Crippen LogP contribution in [0.25, 0.3) is 0 Å². The Kier molecular flexibility index (Phi) is 19.5. The van der Waals surface area contributed by atoms with Crippen LogP contribution in [0.3, 0.4) is 0 Å². The largest absolute Gasteiger partial charge is 0.466 e. The predicted octanol–water partition coefficient (Wildman–Crippen LogP) is 0.788. The summed E-state index contributed by atoms with van der Waals surface area (Å²) in [5.74, 6) is 2.34. The summed E-state index contributed by atoms with van der Waals surface area (Å²) in [6.45, 7) is 0.739. The molecule has 0 bridgehead atoms. The van der Waals surface area contributed by atoms with E-state index in [1.54, 1.807) is 23.5 Å². The molecular formula is C16H30O7S3. The summed E-state index contributed by atoms with van der Waals surface area (Å²) in [5.41, 5.74) is 0. The van der Waals surface area contributed by atoms with Gasteiger partial charge in [0.15, 0.2) is 0 Å². The van der Waals surface area contributed by atoms with Crippen molar-refractivity contribution in [3.63, 3.8) is 0 Å². The smallest absolute Gasteiger partial charge is 0.319 e. The van der Waals surface area contributed by atoms with Crippen LogP contribution in [0, 0.1) is 0 Å². The zero-order valence-corrected chi connectivity index (χ0v) is 17.4. The maximum absolute atomic E-state index is 12.1. The molecule has 0 radical (unpaired) electrons. The van der Waals surface area contributed by atoms with E-state index >= 15 is 0 Å². The van der Waals surface area contributed by atoms with Crippen LogP contribution in [0.4, 0.5) is 0 Å². The molecule has 1 unspecified atom stereocenters. The van der Waals surface area contributed by atoms with E-state index < -0.39 is 17.2 Å². The molecule has 0 heterocycles. The van der Waals surface area contributed by atoms with Gasteiger partial charge in [0.05, 0.1) is 39.5 Å². The fourth-order valence-corrected chi connectivity index (χ4v) is 3.88. The van der Waals surface area contributed by atoms with Crippen molar-refractivity contribution in [2.45, 2.75) is 24.5 Å². The Hall–Kier alpha value is -0.130. The summed E-state index contributed by atoms with van der Waals surface area (Å²) < 4.78 is 10.3. The normalized spacial score (nSPS) is 12.0. The van der Waals surface area contributed by atoms with Gasteiger partial charge in [-0.25, -0.2) is 0 Å². The van der Waals surface area contributed by atoms with Crippen LogP contribution < -0.4 is 0 Å². The highest BCUT2D eigenvalue weighted by Gasteiger charge is 2.24. The van der Waals surface area contributed by atoms with Gasteiger partial charge >= 0.3 is 11.9 Å². The van der Waals surface area contributed by atoms with E-state index in [1.165, 1.54) is 11.8 Å². The van der Waals surface area contributed by atoms with Gasteiger partial charge in [-0.2, -0.15) is 23.5 Å². The Morgan fingerprint density at radius 2 is 1.31 bits per heavy atom. The molecule has 10 heteroatoms. The number of rotatable bonds is 18. The minimum atomic E-state index is -0.677. The average Bonchev–Trinajstić information content (AvgIpc) is 2.64. The van der Waals surface area contributed by atoms with Crippen LogP contribution in [-0.4, -0.2) is 94.3 Å². The van der Waals surface area contributed by atoms with E-state index in [2.05, 4.69) is 0 Å². The van der Waals surface area contributed by atoms with Crippen molar-refractivity contribution in [2.24, 2.45) is 0 Å². The van der Waals surface area contributed by atoms with E-state index in [4.69, 9.17) is 24.8 Å². The minimum Gasteiger partial charge on any atom is -0.466 e. The van der Waals surface area contributed by atoms with Crippen molar-refractivity contribution in [1.82, 2.24) is 0 Å². The van der Waals surface area contributed by atoms with Gasteiger partial charge in [-0.1, -0.05) is 0 Å². The molecule has 0 saturated heterocycles. The van der Waals surface area contributed by atoms with Gasteiger partial charge in [0.25, 0.3) is 0 Å². The lowest BCUT2D eigenvalue weighted by molar-refractivity contribution is -0.149. The summed E-state index contributed by atoms with van der Waals surface area (Å²) in [4.78, 5) is 24.0. The molecule has 0 aromatic rings. The van der Waals surface area contributed by atoms with Crippen molar-refractivity contribution in [1.29, 1.82) is 0 Å². The molecule has 7 nitrogen and oxygen atoms in total. The maximum Gasteiger partial charge on any atom is 0.319 e. The zero-order chi connectivity index (χ0) is 19.5. The van der Waals surface area contributed by atoms with Crippen LogP contribution >= 0.6 is 35.3 Å². The highest BCUT2D eigenvalue weighted by molar-refractivity contribution is 8.00. The van der Waals surface area contributed by atoms with Gasteiger partial charge in [0.2, 0.25) is 0 Å². The molecule has 154 valence electrons. The van der Waals surface area contributed by atoms with E-state index in [-0.39, 0.29) is 39.5 Å². The molecule has 0 saturated carbocycles. The van der Waals surface area contributed by atoms with E-state index in [0.717, 1.165) is 11.5 Å². The Labute approximate surface area is 168 Å². The molecule has 0 spiro atoms. The number of carbonyl (C=O) groups is 2. The summed E-state index contributed by atoms with van der Waals surface area (Å²) in [6.07, 6.45) is 1.30. The lowest BCUT2D eigenvalue weighted by atomic mass is 10.3. The summed E-state index contributed by atoms with van der Waals surface area (Å²) in [7, 11) is 0. The third-order valence-electron chi connectivity index (χ3n) is 2.87. The number of esters is 2. The van der Waals surface area contributed by atoms with Crippen molar-refractivity contribution in [3.05, 3.63) is 0 Å². The molecule has 0 aliphatic heterocycles. The highest BCUT2D eigenvalue weighted by atomic mass is 32.2. The van der Waals surface area contributed by atoms with Gasteiger partial charge in [-0.15, -0.1) is 11.8 Å². The van der Waals surface area contributed by atoms with Gasteiger partial charge in [0.1, 0.15) is 5.25 Å². The average molecular weight is 431 g/mol. The monoisotopic (exact) mass is 430 g/mol. The summed E-state index contributed by atoms with van der Waals surface area (Å²) in [6, 6.07) is 0. The van der Waals surface area contributed by atoms with Crippen LogP contribution in [-0.2, 0) is 19.1 Å². The molecule has 0 fully saturated rings. The lowest BCUT2D eigenvalue weighted by Crippen LogP contribution is -2.26. The minimum absolute atomic E-state index is 0.0768. The van der Waals surface area contributed by atoms with Crippen LogP contribution in [0.2, 0.25) is 0 Å². The fourth-order valence-electron chi connectivity index (χ4n) is 1.72. The first kappa shape index (κ1) is 25.9. The van der Waals surface area contributed by atoms with E-state index in [1.807, 2.05) is 0 Å². The van der Waals surface area contributed by atoms with Gasteiger partial charge in [-0.05, 0) is 24.3 Å². The van der Waals surface area contributed by atoms with Crippen molar-refractivity contribution < 1.29 is 34.4 Å². The Morgan fingerprint density at radius 1 is 0.769 bits per heavy atom. The first-order valence-electron chi connectivity index (χ1n) is 8.57. The number of thioether (sulfide) groups is 3. The topological polar surface area (TPSA) is 113 Å². The molecule has 0 aromatic heterocycles. The molecule has 0 aromatic carbocycles. The molecular weight excluding hydrogens is 400 g/mol. The molecule has 3 N–H and O–H groups in total.